The molecule has 1 aromatic rings. The monoisotopic (exact) mass is 151 g/mol. The van der Waals surface area contributed by atoms with Crippen LogP contribution in [0.1, 0.15) is 5.56 Å². The molecule has 58 valence electrons. The van der Waals surface area contributed by atoms with Crippen LogP contribution in [0.15, 0.2) is 18.2 Å². The van der Waals surface area contributed by atoms with Gasteiger partial charge in [0, 0.05) is 11.8 Å². The molecule has 3 heteroatoms. The molecule has 0 saturated carbocycles. The van der Waals surface area contributed by atoms with E-state index in [1.54, 1.807) is 19.2 Å². The van der Waals surface area contributed by atoms with E-state index in [0.717, 1.165) is 6.21 Å². The summed E-state index contributed by atoms with van der Waals surface area (Å²) in [5, 5.41) is 16.0. The van der Waals surface area contributed by atoms with E-state index in [4.69, 9.17) is 15.3 Å². The fourth-order valence-corrected chi connectivity index (χ4v) is 0.775. The molecule has 1 aromatic carbocycles. The largest absolute Gasteiger partial charge is 0.507 e. The summed E-state index contributed by atoms with van der Waals surface area (Å²) in [5.74, 6) is 0.738. The maximum absolute atomic E-state index is 9.12. The van der Waals surface area contributed by atoms with Gasteiger partial charge in [-0.1, -0.05) is 0 Å². The molecule has 0 unspecified atom stereocenters. The van der Waals surface area contributed by atoms with Gasteiger partial charge in [-0.25, -0.2) is 0 Å². The van der Waals surface area contributed by atoms with Crippen molar-refractivity contribution in [3.8, 4) is 11.5 Å². The summed E-state index contributed by atoms with van der Waals surface area (Å²) in [6.45, 7) is 0. The number of hydrogen-bond acceptors (Lipinski definition) is 3. The molecule has 2 N–H and O–H groups in total. The Balaban J connectivity index is 3.12. The third kappa shape index (κ3) is 1.49. The smallest absolute Gasteiger partial charge is 0.124 e. The van der Waals surface area contributed by atoms with Crippen LogP contribution in [-0.4, -0.2) is 18.4 Å². The van der Waals surface area contributed by atoms with E-state index in [2.05, 4.69) is 0 Å². The summed E-state index contributed by atoms with van der Waals surface area (Å²) in [6, 6.07) is 4.74. The predicted octanol–water partition coefficient (Wildman–Crippen LogP) is 1.40. The molecule has 0 aliphatic heterocycles. The molecule has 0 spiro atoms. The Bertz CT molecular complexity index is 271. The van der Waals surface area contributed by atoms with Crippen LogP contribution >= 0.6 is 0 Å². The lowest BCUT2D eigenvalue weighted by Gasteiger charge is -2.01. The van der Waals surface area contributed by atoms with Gasteiger partial charge in [-0.15, -0.1) is 0 Å². The summed E-state index contributed by atoms with van der Waals surface area (Å²) >= 11 is 0. The second kappa shape index (κ2) is 3.05. The van der Waals surface area contributed by atoms with Crippen molar-refractivity contribution in [3.05, 3.63) is 23.8 Å². The molecule has 0 saturated heterocycles. The molecule has 0 amide bonds. The fourth-order valence-electron chi connectivity index (χ4n) is 0.775. The van der Waals surface area contributed by atoms with Gasteiger partial charge in [0.2, 0.25) is 0 Å². The molecule has 11 heavy (non-hydrogen) atoms. The minimum Gasteiger partial charge on any atom is -0.507 e. The lowest BCUT2D eigenvalue weighted by molar-refractivity contribution is 0.412. The number of rotatable bonds is 2. The molecular formula is C8H9NO2. The Morgan fingerprint density at radius 1 is 1.55 bits per heavy atom. The van der Waals surface area contributed by atoms with Crippen LogP contribution in [-0.2, 0) is 0 Å². The molecule has 0 aliphatic rings. The van der Waals surface area contributed by atoms with Gasteiger partial charge in [0.05, 0.1) is 7.11 Å². The summed E-state index contributed by atoms with van der Waals surface area (Å²) < 4.78 is 4.90. The first-order valence-electron chi connectivity index (χ1n) is 3.15. The molecule has 0 atom stereocenters. The Labute approximate surface area is 64.8 Å². The van der Waals surface area contributed by atoms with Crippen molar-refractivity contribution in [3.63, 3.8) is 0 Å². The van der Waals surface area contributed by atoms with Gasteiger partial charge in [-0.2, -0.15) is 0 Å². The fraction of sp³-hybridized carbons (Fsp3) is 0.125. The summed E-state index contributed by atoms with van der Waals surface area (Å²) in [6.07, 6.45) is 1.08. The van der Waals surface area contributed by atoms with Gasteiger partial charge in [0.15, 0.2) is 0 Å². The number of phenols is 1. The highest BCUT2D eigenvalue weighted by molar-refractivity contribution is 5.81. The molecule has 1 rings (SSSR count). The lowest BCUT2D eigenvalue weighted by atomic mass is 10.2. The zero-order valence-electron chi connectivity index (χ0n) is 6.16. The van der Waals surface area contributed by atoms with Crippen LogP contribution in [0.2, 0.25) is 0 Å². The number of aromatic hydroxyl groups is 1. The number of hydrogen-bond donors (Lipinski definition) is 2. The van der Waals surface area contributed by atoms with Crippen molar-refractivity contribution in [2.24, 2.45) is 0 Å². The molecular weight excluding hydrogens is 142 g/mol. The summed E-state index contributed by atoms with van der Waals surface area (Å²) in [7, 11) is 1.54. The highest BCUT2D eigenvalue weighted by Gasteiger charge is 1.98. The number of benzene rings is 1. The van der Waals surface area contributed by atoms with E-state index in [0.29, 0.717) is 11.3 Å². The van der Waals surface area contributed by atoms with Crippen molar-refractivity contribution < 1.29 is 9.84 Å². The van der Waals surface area contributed by atoms with Crippen LogP contribution < -0.4 is 4.74 Å². The minimum atomic E-state index is 0.0980. The highest BCUT2D eigenvalue weighted by Crippen LogP contribution is 2.20. The second-order valence-electron chi connectivity index (χ2n) is 2.07. The van der Waals surface area contributed by atoms with E-state index in [9.17, 15) is 0 Å². The Hall–Kier alpha value is -1.51. The van der Waals surface area contributed by atoms with Crippen LogP contribution in [0.25, 0.3) is 0 Å². The normalized spacial score (nSPS) is 9.18. The van der Waals surface area contributed by atoms with Crippen molar-refractivity contribution in [2.45, 2.75) is 0 Å². The van der Waals surface area contributed by atoms with Crippen LogP contribution in [0, 0.1) is 5.41 Å². The van der Waals surface area contributed by atoms with Gasteiger partial charge in [-0.05, 0) is 18.2 Å². The second-order valence-corrected chi connectivity index (χ2v) is 2.07. The number of ether oxygens (including phenoxy) is 1. The molecule has 3 nitrogen and oxygen atoms in total. The van der Waals surface area contributed by atoms with E-state index >= 15 is 0 Å². The van der Waals surface area contributed by atoms with Gasteiger partial charge in [0.25, 0.3) is 0 Å². The molecule has 0 fully saturated rings. The van der Waals surface area contributed by atoms with Gasteiger partial charge >= 0.3 is 0 Å². The summed E-state index contributed by atoms with van der Waals surface area (Å²) in [5.41, 5.74) is 0.462. The number of phenolic OH excluding ortho intramolecular Hbond substituents is 1. The zero-order valence-corrected chi connectivity index (χ0v) is 6.16. The number of nitrogens with one attached hydrogen (secondary N) is 1. The Morgan fingerprint density at radius 3 is 2.82 bits per heavy atom. The SMILES string of the molecule is COc1ccc(O)c(C=N)c1. The first-order chi connectivity index (χ1) is 5.27. The average molecular weight is 151 g/mol. The molecule has 0 aliphatic carbocycles. The third-order valence-corrected chi connectivity index (χ3v) is 1.39. The first kappa shape index (κ1) is 7.60. The standard InChI is InChI=1S/C8H9NO2/c1-11-7-2-3-8(10)6(4-7)5-9/h2-5,9-10H,1H3. The van der Waals surface area contributed by atoms with Crippen molar-refractivity contribution in [2.75, 3.05) is 7.11 Å². The van der Waals surface area contributed by atoms with Gasteiger partial charge < -0.3 is 15.3 Å². The van der Waals surface area contributed by atoms with Crippen LogP contribution in [0.3, 0.4) is 0 Å². The molecule has 0 aromatic heterocycles. The summed E-state index contributed by atoms with van der Waals surface area (Å²) in [4.78, 5) is 0. The molecule has 0 radical (unpaired) electrons. The maximum Gasteiger partial charge on any atom is 0.124 e. The van der Waals surface area contributed by atoms with Crippen LogP contribution in [0.4, 0.5) is 0 Å². The van der Waals surface area contributed by atoms with Crippen molar-refractivity contribution in [1.29, 1.82) is 5.41 Å². The van der Waals surface area contributed by atoms with Gasteiger partial charge in [-0.3, -0.25) is 0 Å². The zero-order chi connectivity index (χ0) is 8.27. The van der Waals surface area contributed by atoms with Crippen molar-refractivity contribution in [1.82, 2.24) is 0 Å². The topological polar surface area (TPSA) is 53.3 Å². The lowest BCUT2D eigenvalue weighted by Crippen LogP contribution is -1.85. The highest BCUT2D eigenvalue weighted by atomic mass is 16.5. The van der Waals surface area contributed by atoms with Crippen molar-refractivity contribution >= 4 is 6.21 Å². The third-order valence-electron chi connectivity index (χ3n) is 1.39. The van der Waals surface area contributed by atoms with Crippen LogP contribution in [0.5, 0.6) is 11.5 Å². The molecule has 0 bridgehead atoms. The first-order valence-corrected chi connectivity index (χ1v) is 3.15. The van der Waals surface area contributed by atoms with E-state index in [-0.39, 0.29) is 5.75 Å². The number of methoxy groups -OCH3 is 1. The Kier molecular flexibility index (Phi) is 2.11. The van der Waals surface area contributed by atoms with E-state index < -0.39 is 0 Å². The Morgan fingerprint density at radius 2 is 2.27 bits per heavy atom. The quantitative estimate of drug-likeness (QED) is 0.627. The van der Waals surface area contributed by atoms with E-state index in [1.165, 1.54) is 6.07 Å². The molecule has 0 heterocycles. The average Bonchev–Trinajstić information content (AvgIpc) is 2.05. The maximum atomic E-state index is 9.12. The predicted molar refractivity (Wildman–Crippen MR) is 42.5 cm³/mol. The van der Waals surface area contributed by atoms with Gasteiger partial charge in [0.1, 0.15) is 11.5 Å². The van der Waals surface area contributed by atoms with E-state index in [1.807, 2.05) is 0 Å². The minimum absolute atomic E-state index is 0.0980.